The summed E-state index contributed by atoms with van der Waals surface area (Å²) in [4.78, 5) is 12.7. The SMILES string of the molecule is CC(C)=CCC1=C(c2ccc(O)cc2)C2CCCC2C1=O. The zero-order chi connectivity index (χ0) is 15.0. The zero-order valence-corrected chi connectivity index (χ0v) is 12.7. The summed E-state index contributed by atoms with van der Waals surface area (Å²) in [6.45, 7) is 4.14. The minimum Gasteiger partial charge on any atom is -0.508 e. The number of rotatable bonds is 3. The Morgan fingerprint density at radius 2 is 1.86 bits per heavy atom. The Kier molecular flexibility index (Phi) is 3.71. The third-order valence-electron chi connectivity index (χ3n) is 4.74. The fourth-order valence-electron chi connectivity index (χ4n) is 3.75. The van der Waals surface area contributed by atoms with Crippen LogP contribution in [0.1, 0.15) is 45.1 Å². The lowest BCUT2D eigenvalue weighted by Gasteiger charge is -2.14. The topological polar surface area (TPSA) is 37.3 Å². The molecule has 0 heterocycles. The van der Waals surface area contributed by atoms with Crippen LogP contribution in [0.15, 0.2) is 41.5 Å². The average Bonchev–Trinajstić information content (AvgIpc) is 3.01. The minimum atomic E-state index is 0.203. The van der Waals surface area contributed by atoms with Crippen molar-refractivity contribution in [3.8, 4) is 5.75 Å². The molecule has 0 aromatic heterocycles. The molecule has 1 fully saturated rings. The van der Waals surface area contributed by atoms with Crippen LogP contribution in [0.2, 0.25) is 0 Å². The molecule has 1 aromatic carbocycles. The molecule has 1 N–H and O–H groups in total. The number of benzene rings is 1. The van der Waals surface area contributed by atoms with E-state index in [4.69, 9.17) is 0 Å². The number of phenols is 1. The molecule has 2 unspecified atom stereocenters. The lowest BCUT2D eigenvalue weighted by Crippen LogP contribution is -2.11. The van der Waals surface area contributed by atoms with Gasteiger partial charge in [0.05, 0.1) is 0 Å². The molecule has 1 aromatic rings. The van der Waals surface area contributed by atoms with E-state index in [1.54, 1.807) is 12.1 Å². The van der Waals surface area contributed by atoms with Gasteiger partial charge in [0.2, 0.25) is 0 Å². The van der Waals surface area contributed by atoms with Gasteiger partial charge in [0, 0.05) is 11.5 Å². The van der Waals surface area contributed by atoms with Crippen molar-refractivity contribution >= 4 is 11.4 Å². The van der Waals surface area contributed by atoms with Crippen LogP contribution < -0.4 is 0 Å². The summed E-state index contributed by atoms with van der Waals surface area (Å²) >= 11 is 0. The van der Waals surface area contributed by atoms with E-state index in [-0.39, 0.29) is 11.7 Å². The maximum atomic E-state index is 12.7. The van der Waals surface area contributed by atoms with Crippen molar-refractivity contribution in [2.45, 2.75) is 39.5 Å². The van der Waals surface area contributed by atoms with Gasteiger partial charge >= 0.3 is 0 Å². The molecule has 0 bridgehead atoms. The summed E-state index contributed by atoms with van der Waals surface area (Å²) < 4.78 is 0. The first-order valence-electron chi connectivity index (χ1n) is 7.78. The normalized spacial score (nSPS) is 24.4. The van der Waals surface area contributed by atoms with E-state index in [2.05, 4.69) is 19.9 Å². The maximum Gasteiger partial charge on any atom is 0.163 e. The van der Waals surface area contributed by atoms with E-state index in [1.165, 1.54) is 11.1 Å². The van der Waals surface area contributed by atoms with E-state index in [0.29, 0.717) is 11.7 Å². The molecule has 0 radical (unpaired) electrons. The van der Waals surface area contributed by atoms with Crippen molar-refractivity contribution in [3.63, 3.8) is 0 Å². The first-order valence-corrected chi connectivity index (χ1v) is 7.78. The summed E-state index contributed by atoms with van der Waals surface area (Å²) in [5.41, 5.74) is 4.58. The lowest BCUT2D eigenvalue weighted by atomic mass is 9.90. The number of phenolic OH excluding ortho intramolecular Hbond substituents is 1. The van der Waals surface area contributed by atoms with Crippen molar-refractivity contribution in [1.29, 1.82) is 0 Å². The van der Waals surface area contributed by atoms with E-state index < -0.39 is 0 Å². The zero-order valence-electron chi connectivity index (χ0n) is 12.7. The summed E-state index contributed by atoms with van der Waals surface area (Å²) in [6.07, 6.45) is 6.19. The van der Waals surface area contributed by atoms with Gasteiger partial charge < -0.3 is 5.11 Å². The third-order valence-corrected chi connectivity index (χ3v) is 4.74. The Labute approximate surface area is 126 Å². The predicted molar refractivity (Wildman–Crippen MR) is 84.9 cm³/mol. The first-order chi connectivity index (χ1) is 10.1. The number of aromatic hydroxyl groups is 1. The molecule has 0 amide bonds. The van der Waals surface area contributed by atoms with Crippen LogP contribution in [0, 0.1) is 11.8 Å². The van der Waals surface area contributed by atoms with Gasteiger partial charge in [0.15, 0.2) is 5.78 Å². The van der Waals surface area contributed by atoms with Gasteiger partial charge in [-0.15, -0.1) is 0 Å². The minimum absolute atomic E-state index is 0.203. The lowest BCUT2D eigenvalue weighted by molar-refractivity contribution is -0.118. The highest BCUT2D eigenvalue weighted by molar-refractivity contribution is 6.10. The monoisotopic (exact) mass is 282 g/mol. The van der Waals surface area contributed by atoms with Crippen LogP contribution in [-0.2, 0) is 4.79 Å². The standard InChI is InChI=1S/C19H22O2/c1-12(2)6-11-17-18(13-7-9-14(20)10-8-13)15-4-3-5-16(15)19(17)21/h6-10,15-16,20H,3-5,11H2,1-2H3. The van der Waals surface area contributed by atoms with E-state index in [0.717, 1.165) is 36.8 Å². The molecule has 2 aliphatic rings. The molecule has 0 saturated heterocycles. The fraction of sp³-hybridized carbons (Fsp3) is 0.421. The van der Waals surface area contributed by atoms with Gasteiger partial charge in [-0.05, 0) is 62.3 Å². The van der Waals surface area contributed by atoms with Crippen LogP contribution in [0.25, 0.3) is 5.57 Å². The number of fused-ring (bicyclic) bond motifs is 1. The molecular formula is C19H22O2. The van der Waals surface area contributed by atoms with Crippen LogP contribution in [0.5, 0.6) is 5.75 Å². The number of carbonyl (C=O) groups is 1. The second-order valence-electron chi connectivity index (χ2n) is 6.43. The molecule has 2 atom stereocenters. The largest absolute Gasteiger partial charge is 0.508 e. The van der Waals surface area contributed by atoms with Crippen molar-refractivity contribution < 1.29 is 9.90 Å². The number of ketones is 1. The number of allylic oxidation sites excluding steroid dienone is 4. The summed E-state index contributed by atoms with van der Waals surface area (Å²) in [6, 6.07) is 7.32. The van der Waals surface area contributed by atoms with Gasteiger partial charge in [0.1, 0.15) is 5.75 Å². The maximum absolute atomic E-state index is 12.7. The van der Waals surface area contributed by atoms with Crippen molar-refractivity contribution in [2.24, 2.45) is 11.8 Å². The molecule has 2 heteroatoms. The number of carbonyl (C=O) groups excluding carboxylic acids is 1. The fourth-order valence-corrected chi connectivity index (χ4v) is 3.75. The average molecular weight is 282 g/mol. The first kappa shape index (κ1) is 14.1. The molecule has 3 rings (SSSR count). The Morgan fingerprint density at radius 1 is 1.19 bits per heavy atom. The Balaban J connectivity index is 2.06. The highest BCUT2D eigenvalue weighted by atomic mass is 16.3. The second kappa shape index (κ2) is 5.51. The summed E-state index contributed by atoms with van der Waals surface area (Å²) in [7, 11) is 0. The van der Waals surface area contributed by atoms with Crippen molar-refractivity contribution in [2.75, 3.05) is 0 Å². The Morgan fingerprint density at radius 3 is 2.52 bits per heavy atom. The molecule has 21 heavy (non-hydrogen) atoms. The van der Waals surface area contributed by atoms with E-state index in [1.807, 2.05) is 12.1 Å². The Bertz CT molecular complexity index is 615. The number of hydrogen-bond acceptors (Lipinski definition) is 2. The molecule has 0 spiro atoms. The predicted octanol–water partition coefficient (Wildman–Crippen LogP) is 4.50. The Hall–Kier alpha value is -1.83. The van der Waals surface area contributed by atoms with Gasteiger partial charge in [-0.25, -0.2) is 0 Å². The third kappa shape index (κ3) is 2.55. The second-order valence-corrected chi connectivity index (χ2v) is 6.43. The van der Waals surface area contributed by atoms with Gasteiger partial charge in [-0.2, -0.15) is 0 Å². The summed E-state index contributed by atoms with van der Waals surface area (Å²) in [5.74, 6) is 1.23. The highest BCUT2D eigenvalue weighted by Gasteiger charge is 2.43. The molecule has 2 aliphatic carbocycles. The van der Waals surface area contributed by atoms with Gasteiger partial charge in [-0.1, -0.05) is 30.2 Å². The van der Waals surface area contributed by atoms with Crippen molar-refractivity contribution in [3.05, 3.63) is 47.1 Å². The van der Waals surface area contributed by atoms with Crippen molar-refractivity contribution in [1.82, 2.24) is 0 Å². The highest BCUT2D eigenvalue weighted by Crippen LogP contribution is 2.50. The molecule has 1 saturated carbocycles. The molecule has 0 aliphatic heterocycles. The van der Waals surface area contributed by atoms with Gasteiger partial charge in [0.25, 0.3) is 0 Å². The van der Waals surface area contributed by atoms with E-state index in [9.17, 15) is 9.90 Å². The molecule has 2 nitrogen and oxygen atoms in total. The van der Waals surface area contributed by atoms with Gasteiger partial charge in [-0.3, -0.25) is 4.79 Å². The van der Waals surface area contributed by atoms with E-state index >= 15 is 0 Å². The number of hydrogen-bond donors (Lipinski definition) is 1. The quantitative estimate of drug-likeness (QED) is 0.829. The van der Waals surface area contributed by atoms with Crippen LogP contribution in [0.4, 0.5) is 0 Å². The smallest absolute Gasteiger partial charge is 0.163 e. The van der Waals surface area contributed by atoms with Crippen LogP contribution in [-0.4, -0.2) is 10.9 Å². The van der Waals surface area contributed by atoms with Crippen LogP contribution in [0.3, 0.4) is 0 Å². The summed E-state index contributed by atoms with van der Waals surface area (Å²) in [5, 5.41) is 9.49. The van der Waals surface area contributed by atoms with Crippen LogP contribution >= 0.6 is 0 Å². The molecular weight excluding hydrogens is 260 g/mol. The molecule has 110 valence electrons. The number of Topliss-reactive ketones (excluding diaryl/α,β-unsaturated/α-hetero) is 1.